The number of para-hydroxylation sites is 2. The molecular weight excluding hydrogens is 472 g/mol. The zero-order chi connectivity index (χ0) is 26.1. The molecule has 184 valence electrons. The summed E-state index contributed by atoms with van der Waals surface area (Å²) in [4.78, 5) is 0. The Morgan fingerprint density at radius 1 is 0.487 bits per heavy atom. The summed E-state index contributed by atoms with van der Waals surface area (Å²) in [7, 11) is 2.18. The van der Waals surface area contributed by atoms with E-state index in [1.165, 1.54) is 71.9 Å². The van der Waals surface area contributed by atoms with Crippen LogP contribution in [0.5, 0.6) is 0 Å². The molecule has 2 nitrogen and oxygen atoms in total. The molecule has 5 aromatic carbocycles. The maximum Gasteiger partial charge on any atom is 0.287 e. The number of nitrogens with zero attached hydrogens (tertiary/aromatic N) is 2. The number of benzene rings is 5. The molecule has 0 amide bonds. The van der Waals surface area contributed by atoms with Gasteiger partial charge in [0, 0.05) is 28.0 Å². The van der Waals surface area contributed by atoms with E-state index >= 15 is 0 Å². The molecule has 2 heterocycles. The lowest BCUT2D eigenvalue weighted by atomic mass is 9.81. The average Bonchev–Trinajstić information content (AvgIpc) is 3.32. The molecule has 0 saturated carbocycles. The first-order chi connectivity index (χ1) is 19.2. The number of aryl methyl sites for hydroxylation is 2. The molecule has 2 aromatic heterocycles. The SMILES string of the molecule is Cc1cccc2c3ccccc3n(-c3cc4c(c[n+]3C)-c3ccccc3-c3ccccc3-c3ccccc3-4)c12. The maximum absolute atomic E-state index is 2.45. The number of hydrogen-bond acceptors (Lipinski definition) is 0. The fourth-order valence-electron chi connectivity index (χ4n) is 6.58. The van der Waals surface area contributed by atoms with Crippen molar-refractivity contribution in [2.75, 3.05) is 0 Å². The summed E-state index contributed by atoms with van der Waals surface area (Å²) in [5.74, 6) is 1.15. The topological polar surface area (TPSA) is 8.81 Å². The van der Waals surface area contributed by atoms with Crippen molar-refractivity contribution in [3.63, 3.8) is 0 Å². The largest absolute Gasteiger partial charge is 0.287 e. The van der Waals surface area contributed by atoms with E-state index < -0.39 is 0 Å². The Kier molecular flexibility index (Phi) is 4.68. The van der Waals surface area contributed by atoms with Crippen molar-refractivity contribution in [3.8, 4) is 50.3 Å². The van der Waals surface area contributed by atoms with E-state index in [4.69, 9.17) is 0 Å². The summed E-state index contributed by atoms with van der Waals surface area (Å²) in [6.45, 7) is 2.22. The van der Waals surface area contributed by atoms with Crippen LogP contribution in [0.25, 0.3) is 72.1 Å². The molecule has 0 unspecified atom stereocenters. The van der Waals surface area contributed by atoms with E-state index in [0.717, 1.165) is 5.82 Å². The van der Waals surface area contributed by atoms with Crippen molar-refractivity contribution < 1.29 is 4.57 Å². The predicted octanol–water partition coefficient (Wildman–Crippen LogP) is 8.90. The van der Waals surface area contributed by atoms with Crippen molar-refractivity contribution in [3.05, 3.63) is 133 Å². The fraction of sp³-hybridized carbons (Fsp3) is 0.0541. The molecular formula is C37H27N2+. The van der Waals surface area contributed by atoms with Gasteiger partial charge in [-0.3, -0.25) is 0 Å². The maximum atomic E-state index is 2.45. The molecule has 0 N–H and O–H groups in total. The molecule has 0 atom stereocenters. The van der Waals surface area contributed by atoms with Crippen LogP contribution in [-0.4, -0.2) is 4.57 Å². The molecule has 39 heavy (non-hydrogen) atoms. The van der Waals surface area contributed by atoms with Crippen LogP contribution < -0.4 is 4.57 Å². The summed E-state index contributed by atoms with van der Waals surface area (Å²) < 4.78 is 4.74. The third-order valence-corrected chi connectivity index (χ3v) is 8.32. The van der Waals surface area contributed by atoms with Crippen molar-refractivity contribution in [2.45, 2.75) is 6.92 Å². The van der Waals surface area contributed by atoms with E-state index in [9.17, 15) is 0 Å². The Morgan fingerprint density at radius 2 is 0.974 bits per heavy atom. The van der Waals surface area contributed by atoms with Crippen LogP contribution in [-0.2, 0) is 7.05 Å². The molecule has 0 saturated heterocycles. The van der Waals surface area contributed by atoms with Gasteiger partial charge < -0.3 is 0 Å². The normalized spacial score (nSPS) is 11.8. The van der Waals surface area contributed by atoms with E-state index in [0.29, 0.717) is 0 Å². The smallest absolute Gasteiger partial charge is 0.236 e. The molecule has 1 aliphatic carbocycles. The van der Waals surface area contributed by atoms with Gasteiger partial charge in [-0.15, -0.1) is 0 Å². The van der Waals surface area contributed by atoms with Crippen LogP contribution in [0.1, 0.15) is 5.56 Å². The summed E-state index contributed by atoms with van der Waals surface area (Å²) in [6.07, 6.45) is 2.33. The highest BCUT2D eigenvalue weighted by Gasteiger charge is 2.27. The van der Waals surface area contributed by atoms with Gasteiger partial charge in [0.1, 0.15) is 11.0 Å². The first-order valence-corrected chi connectivity index (χ1v) is 13.5. The molecule has 0 radical (unpaired) electrons. The van der Waals surface area contributed by atoms with Gasteiger partial charge in [0.05, 0.1) is 13.2 Å². The highest BCUT2D eigenvalue weighted by atomic mass is 15.1. The van der Waals surface area contributed by atoms with Gasteiger partial charge in [0.2, 0.25) is 0 Å². The van der Waals surface area contributed by atoms with Crippen molar-refractivity contribution in [1.82, 2.24) is 4.57 Å². The lowest BCUT2D eigenvalue weighted by Gasteiger charge is -2.23. The molecule has 0 aliphatic heterocycles. The Bertz CT molecular complexity index is 2090. The van der Waals surface area contributed by atoms with E-state index in [1.807, 2.05) is 0 Å². The lowest BCUT2D eigenvalue weighted by Crippen LogP contribution is -2.34. The van der Waals surface area contributed by atoms with Crippen LogP contribution in [0.15, 0.2) is 128 Å². The molecule has 0 bridgehead atoms. The lowest BCUT2D eigenvalue weighted by molar-refractivity contribution is -0.664. The second kappa shape index (κ2) is 8.28. The minimum atomic E-state index is 1.15. The van der Waals surface area contributed by atoms with Crippen molar-refractivity contribution >= 4 is 21.8 Å². The molecule has 0 fully saturated rings. The number of fused-ring (bicyclic) bond motifs is 11. The number of pyridine rings is 1. The quantitative estimate of drug-likeness (QED) is 0.199. The summed E-state index contributed by atoms with van der Waals surface area (Å²) >= 11 is 0. The second-order valence-corrected chi connectivity index (χ2v) is 10.5. The highest BCUT2D eigenvalue weighted by Crippen LogP contribution is 2.47. The zero-order valence-electron chi connectivity index (χ0n) is 22.0. The summed E-state index contributed by atoms with van der Waals surface area (Å²) in [5.41, 5.74) is 13.9. The third kappa shape index (κ3) is 3.12. The standard InChI is InChI=1S/C37H27N2/c1-24-12-11-20-32-31-19-9-10-21-35(31)39(37(24)32)36-22-33-29-17-7-5-15-27(29)25-13-3-4-14-26(25)28-16-6-8-18-30(28)34(33)23-38(36)2/h3-23H,1-2H3/q+1. The Morgan fingerprint density at radius 3 is 1.59 bits per heavy atom. The minimum absolute atomic E-state index is 1.15. The van der Waals surface area contributed by atoms with Crippen molar-refractivity contribution in [1.29, 1.82) is 0 Å². The molecule has 0 spiro atoms. The minimum Gasteiger partial charge on any atom is -0.236 e. The van der Waals surface area contributed by atoms with Gasteiger partial charge in [0.25, 0.3) is 5.82 Å². The van der Waals surface area contributed by atoms with Crippen LogP contribution >= 0.6 is 0 Å². The van der Waals surface area contributed by atoms with E-state index in [1.54, 1.807) is 0 Å². The van der Waals surface area contributed by atoms with Gasteiger partial charge in [-0.05, 0) is 64.1 Å². The van der Waals surface area contributed by atoms with Gasteiger partial charge in [-0.1, -0.05) is 97.1 Å². The Labute approximate surface area is 228 Å². The summed E-state index contributed by atoms with van der Waals surface area (Å²) in [5, 5.41) is 2.57. The van der Waals surface area contributed by atoms with Gasteiger partial charge in [-0.25, -0.2) is 4.57 Å². The third-order valence-electron chi connectivity index (χ3n) is 8.32. The monoisotopic (exact) mass is 499 g/mol. The first kappa shape index (κ1) is 22.1. The Balaban J connectivity index is 1.53. The zero-order valence-corrected chi connectivity index (χ0v) is 22.0. The number of aromatic nitrogens is 2. The molecule has 8 rings (SSSR count). The van der Waals surface area contributed by atoms with Crippen molar-refractivity contribution in [2.24, 2.45) is 7.05 Å². The van der Waals surface area contributed by atoms with Gasteiger partial charge in [0.15, 0.2) is 0 Å². The average molecular weight is 500 g/mol. The molecule has 1 aliphatic rings. The molecule has 7 aromatic rings. The Hall–Kier alpha value is -4.95. The van der Waals surface area contributed by atoms with Crippen LogP contribution in [0.3, 0.4) is 0 Å². The fourth-order valence-corrected chi connectivity index (χ4v) is 6.58. The van der Waals surface area contributed by atoms with Crippen LogP contribution in [0.4, 0.5) is 0 Å². The van der Waals surface area contributed by atoms with Gasteiger partial charge in [-0.2, -0.15) is 4.57 Å². The van der Waals surface area contributed by atoms with E-state index in [-0.39, 0.29) is 0 Å². The summed E-state index contributed by atoms with van der Waals surface area (Å²) in [6, 6.07) is 44.3. The number of rotatable bonds is 1. The number of hydrogen-bond donors (Lipinski definition) is 0. The predicted molar refractivity (Wildman–Crippen MR) is 162 cm³/mol. The van der Waals surface area contributed by atoms with Crippen LogP contribution in [0, 0.1) is 6.92 Å². The first-order valence-electron chi connectivity index (χ1n) is 13.5. The second-order valence-electron chi connectivity index (χ2n) is 10.5. The molecule has 2 heteroatoms. The van der Waals surface area contributed by atoms with Gasteiger partial charge >= 0.3 is 0 Å². The van der Waals surface area contributed by atoms with Crippen LogP contribution in [0.2, 0.25) is 0 Å². The van der Waals surface area contributed by atoms with E-state index in [2.05, 4.69) is 151 Å². The highest BCUT2D eigenvalue weighted by molar-refractivity contribution is 6.10.